The highest BCUT2D eigenvalue weighted by atomic mass is 32.2. The minimum Gasteiger partial charge on any atom is -0.355 e. The molecule has 0 aliphatic heterocycles. The molecule has 2 aromatic carbocycles. The molecule has 1 N–H and O–H groups in total. The van der Waals surface area contributed by atoms with Crippen molar-refractivity contribution < 1.29 is 9.18 Å². The number of carbonyl (C=O) groups excluding carboxylic acids is 1. The Bertz CT molecular complexity index is 912. The Hall–Kier alpha value is -2.74. The summed E-state index contributed by atoms with van der Waals surface area (Å²) in [5, 5.41) is 14.9. The standard InChI is InChI=1S/C19H20FN5OS/c1-13-5-3-4-6-17(13)25-19(22-23-24-25)27-14(2)18(26)21-12-11-15-7-9-16(20)10-8-15/h3-10,14H,11-12H2,1-2H3,(H,21,26)/t14-/m1/s1. The van der Waals surface area contributed by atoms with Gasteiger partial charge in [0.1, 0.15) is 5.82 Å². The summed E-state index contributed by atoms with van der Waals surface area (Å²) >= 11 is 1.30. The van der Waals surface area contributed by atoms with Crippen molar-refractivity contribution in [1.29, 1.82) is 0 Å². The second-order valence-electron chi connectivity index (χ2n) is 6.09. The molecular weight excluding hydrogens is 365 g/mol. The molecule has 0 saturated carbocycles. The Kier molecular flexibility index (Phi) is 6.18. The van der Waals surface area contributed by atoms with Crippen molar-refractivity contribution >= 4 is 17.7 Å². The molecule has 0 bridgehead atoms. The van der Waals surface area contributed by atoms with Gasteiger partial charge in [-0.25, -0.2) is 4.39 Å². The van der Waals surface area contributed by atoms with Gasteiger partial charge in [0, 0.05) is 6.54 Å². The Morgan fingerprint density at radius 3 is 2.70 bits per heavy atom. The number of amides is 1. The summed E-state index contributed by atoms with van der Waals surface area (Å²) in [6.45, 7) is 4.28. The van der Waals surface area contributed by atoms with Gasteiger partial charge in [0.15, 0.2) is 0 Å². The van der Waals surface area contributed by atoms with E-state index in [1.165, 1.54) is 23.9 Å². The van der Waals surface area contributed by atoms with Crippen LogP contribution < -0.4 is 5.32 Å². The molecule has 8 heteroatoms. The van der Waals surface area contributed by atoms with E-state index < -0.39 is 0 Å². The van der Waals surface area contributed by atoms with E-state index in [9.17, 15) is 9.18 Å². The van der Waals surface area contributed by atoms with Crippen molar-refractivity contribution in [3.8, 4) is 5.69 Å². The van der Waals surface area contributed by atoms with Gasteiger partial charge in [-0.1, -0.05) is 42.1 Å². The first-order valence-electron chi connectivity index (χ1n) is 8.58. The molecule has 3 aromatic rings. The van der Waals surface area contributed by atoms with Gasteiger partial charge in [0.2, 0.25) is 11.1 Å². The Morgan fingerprint density at radius 1 is 1.22 bits per heavy atom. The molecule has 6 nitrogen and oxygen atoms in total. The van der Waals surface area contributed by atoms with E-state index in [2.05, 4.69) is 20.8 Å². The molecule has 0 aliphatic rings. The molecule has 3 rings (SSSR count). The summed E-state index contributed by atoms with van der Waals surface area (Å²) in [5.41, 5.74) is 2.90. The summed E-state index contributed by atoms with van der Waals surface area (Å²) in [5.74, 6) is -0.361. The monoisotopic (exact) mass is 385 g/mol. The number of aryl methyl sites for hydroxylation is 1. The lowest BCUT2D eigenvalue weighted by Gasteiger charge is -2.12. The van der Waals surface area contributed by atoms with Crippen LogP contribution in [0, 0.1) is 12.7 Å². The Balaban J connectivity index is 1.57. The maximum atomic E-state index is 12.9. The van der Waals surface area contributed by atoms with Crippen molar-refractivity contribution in [1.82, 2.24) is 25.5 Å². The van der Waals surface area contributed by atoms with Gasteiger partial charge < -0.3 is 5.32 Å². The number of thioether (sulfide) groups is 1. The SMILES string of the molecule is Cc1ccccc1-n1nnnc1S[C@H](C)C(=O)NCCc1ccc(F)cc1. The molecule has 140 valence electrons. The topological polar surface area (TPSA) is 72.7 Å². The molecule has 0 spiro atoms. The predicted octanol–water partition coefficient (Wildman–Crippen LogP) is 2.95. The van der Waals surface area contributed by atoms with Gasteiger partial charge in [0.05, 0.1) is 10.9 Å². The van der Waals surface area contributed by atoms with Gasteiger partial charge >= 0.3 is 0 Å². The largest absolute Gasteiger partial charge is 0.355 e. The molecular formula is C19H20FN5OS. The number of carbonyl (C=O) groups is 1. The zero-order chi connectivity index (χ0) is 19.2. The molecule has 0 saturated heterocycles. The van der Waals surface area contributed by atoms with Crippen LogP contribution in [0.5, 0.6) is 0 Å². The fraction of sp³-hybridized carbons (Fsp3) is 0.263. The van der Waals surface area contributed by atoms with Crippen LogP contribution in [0.1, 0.15) is 18.1 Å². The molecule has 0 unspecified atom stereocenters. The summed E-state index contributed by atoms with van der Waals surface area (Å²) in [7, 11) is 0. The van der Waals surface area contributed by atoms with Gasteiger partial charge in [-0.05, 0) is 60.0 Å². The van der Waals surface area contributed by atoms with E-state index in [0.29, 0.717) is 18.1 Å². The number of nitrogens with zero attached hydrogens (tertiary/aromatic N) is 4. The van der Waals surface area contributed by atoms with Crippen LogP contribution >= 0.6 is 11.8 Å². The molecule has 0 aliphatic carbocycles. The van der Waals surface area contributed by atoms with E-state index in [4.69, 9.17) is 0 Å². The maximum absolute atomic E-state index is 12.9. The normalized spacial score (nSPS) is 12.0. The fourth-order valence-electron chi connectivity index (χ4n) is 2.54. The Morgan fingerprint density at radius 2 is 1.96 bits per heavy atom. The number of halogens is 1. The highest BCUT2D eigenvalue weighted by Crippen LogP contribution is 2.24. The number of benzene rings is 2. The van der Waals surface area contributed by atoms with Gasteiger partial charge in [0.25, 0.3) is 0 Å². The number of rotatable bonds is 7. The third kappa shape index (κ3) is 4.91. The van der Waals surface area contributed by atoms with Gasteiger partial charge in [-0.3, -0.25) is 4.79 Å². The second kappa shape index (κ2) is 8.77. The average Bonchev–Trinajstić information content (AvgIpc) is 3.11. The van der Waals surface area contributed by atoms with Crippen LogP contribution in [0.25, 0.3) is 5.69 Å². The van der Waals surface area contributed by atoms with Crippen molar-refractivity contribution in [2.45, 2.75) is 30.7 Å². The number of para-hydroxylation sites is 1. The van der Waals surface area contributed by atoms with E-state index in [1.807, 2.05) is 38.1 Å². The van der Waals surface area contributed by atoms with Crippen molar-refractivity contribution in [2.75, 3.05) is 6.54 Å². The van der Waals surface area contributed by atoms with Crippen molar-refractivity contribution in [3.63, 3.8) is 0 Å². The zero-order valence-corrected chi connectivity index (χ0v) is 15.9. The smallest absolute Gasteiger partial charge is 0.233 e. The third-order valence-electron chi connectivity index (χ3n) is 4.06. The summed E-state index contributed by atoms with van der Waals surface area (Å²) < 4.78 is 14.6. The maximum Gasteiger partial charge on any atom is 0.233 e. The summed E-state index contributed by atoms with van der Waals surface area (Å²) in [4.78, 5) is 12.4. The van der Waals surface area contributed by atoms with E-state index in [1.54, 1.807) is 16.8 Å². The molecule has 0 radical (unpaired) electrons. The van der Waals surface area contributed by atoms with Crippen LogP contribution in [0.4, 0.5) is 4.39 Å². The first-order valence-corrected chi connectivity index (χ1v) is 9.46. The Labute approximate surface area is 161 Å². The second-order valence-corrected chi connectivity index (χ2v) is 7.40. The van der Waals surface area contributed by atoms with Crippen molar-refractivity contribution in [3.05, 3.63) is 65.5 Å². The van der Waals surface area contributed by atoms with Crippen LogP contribution in [-0.2, 0) is 11.2 Å². The zero-order valence-electron chi connectivity index (χ0n) is 15.1. The molecule has 1 atom stereocenters. The predicted molar refractivity (Wildman–Crippen MR) is 102 cm³/mol. The number of aromatic nitrogens is 4. The number of tetrazole rings is 1. The van der Waals surface area contributed by atoms with Crippen molar-refractivity contribution in [2.24, 2.45) is 0 Å². The van der Waals surface area contributed by atoms with Gasteiger partial charge in [-0.15, -0.1) is 5.10 Å². The molecule has 0 fully saturated rings. The lowest BCUT2D eigenvalue weighted by Crippen LogP contribution is -2.32. The third-order valence-corrected chi connectivity index (χ3v) is 5.10. The van der Waals surface area contributed by atoms with Crippen LogP contribution in [0.15, 0.2) is 53.7 Å². The average molecular weight is 385 g/mol. The molecule has 27 heavy (non-hydrogen) atoms. The highest BCUT2D eigenvalue weighted by molar-refractivity contribution is 8.00. The first kappa shape index (κ1) is 19.0. The summed E-state index contributed by atoms with van der Waals surface area (Å²) in [6.07, 6.45) is 0.643. The number of hydrogen-bond donors (Lipinski definition) is 1. The number of nitrogens with one attached hydrogen (secondary N) is 1. The van der Waals surface area contributed by atoms with E-state index >= 15 is 0 Å². The first-order chi connectivity index (χ1) is 13.0. The molecule has 1 aromatic heterocycles. The molecule has 1 amide bonds. The number of hydrogen-bond acceptors (Lipinski definition) is 5. The lowest BCUT2D eigenvalue weighted by atomic mass is 10.1. The fourth-order valence-corrected chi connectivity index (χ4v) is 3.37. The van der Waals surface area contributed by atoms with Gasteiger partial charge in [-0.2, -0.15) is 4.68 Å². The minimum absolute atomic E-state index is 0.0959. The highest BCUT2D eigenvalue weighted by Gasteiger charge is 2.19. The summed E-state index contributed by atoms with van der Waals surface area (Å²) in [6, 6.07) is 14.1. The van der Waals surface area contributed by atoms with E-state index in [-0.39, 0.29) is 17.0 Å². The molecule has 1 heterocycles. The van der Waals surface area contributed by atoms with Crippen LogP contribution in [0.3, 0.4) is 0 Å². The quantitative estimate of drug-likeness (QED) is 0.633. The lowest BCUT2D eigenvalue weighted by molar-refractivity contribution is -0.120. The van der Waals surface area contributed by atoms with E-state index in [0.717, 1.165) is 16.8 Å². The van der Waals surface area contributed by atoms with Crippen LogP contribution in [-0.4, -0.2) is 37.9 Å². The minimum atomic E-state index is -0.355. The van der Waals surface area contributed by atoms with Crippen LogP contribution in [0.2, 0.25) is 0 Å².